The summed E-state index contributed by atoms with van der Waals surface area (Å²) in [7, 11) is 0. The van der Waals surface area contributed by atoms with Crippen LogP contribution in [0.15, 0.2) is 90.6 Å². The predicted molar refractivity (Wildman–Crippen MR) is 128 cm³/mol. The molecule has 1 N–H and O–H groups in total. The van der Waals surface area contributed by atoms with Crippen molar-refractivity contribution in [1.29, 1.82) is 0 Å². The SMILES string of the molecule is O=C1NC(=O)N(c2ccccc2)C(=O)/C1=C\c1cn(Cc2ccccc2Cl)c2ccccc12. The summed E-state index contributed by atoms with van der Waals surface area (Å²) in [6, 6.07) is 23.1. The molecule has 1 aromatic heterocycles. The molecule has 4 amide bonds. The second kappa shape index (κ2) is 8.41. The first-order chi connectivity index (χ1) is 16.0. The Bertz CT molecular complexity index is 1440. The molecule has 4 aromatic rings. The van der Waals surface area contributed by atoms with Crippen LogP contribution in [0.3, 0.4) is 0 Å². The van der Waals surface area contributed by atoms with E-state index in [1.807, 2.05) is 59.3 Å². The van der Waals surface area contributed by atoms with E-state index >= 15 is 0 Å². The van der Waals surface area contributed by atoms with Crippen molar-refractivity contribution in [2.24, 2.45) is 0 Å². The van der Waals surface area contributed by atoms with E-state index in [0.717, 1.165) is 21.4 Å². The number of rotatable bonds is 4. The van der Waals surface area contributed by atoms with Crippen LogP contribution in [-0.4, -0.2) is 22.4 Å². The highest BCUT2D eigenvalue weighted by Crippen LogP contribution is 2.28. The van der Waals surface area contributed by atoms with E-state index in [4.69, 9.17) is 11.6 Å². The highest BCUT2D eigenvalue weighted by atomic mass is 35.5. The number of hydrogen-bond donors (Lipinski definition) is 1. The fraction of sp³-hybridized carbons (Fsp3) is 0.0385. The van der Waals surface area contributed by atoms with Gasteiger partial charge in [-0.25, -0.2) is 9.69 Å². The van der Waals surface area contributed by atoms with Crippen LogP contribution in [0.5, 0.6) is 0 Å². The first kappa shape index (κ1) is 20.7. The first-order valence-electron chi connectivity index (χ1n) is 10.3. The summed E-state index contributed by atoms with van der Waals surface area (Å²) in [5, 5.41) is 3.80. The third-order valence-corrected chi connectivity index (χ3v) is 5.90. The van der Waals surface area contributed by atoms with Crippen molar-refractivity contribution < 1.29 is 14.4 Å². The zero-order valence-electron chi connectivity index (χ0n) is 17.4. The number of anilines is 1. The number of nitrogens with one attached hydrogen (secondary N) is 1. The number of imide groups is 2. The Hall–Kier alpha value is -4.16. The highest BCUT2D eigenvalue weighted by molar-refractivity contribution is 6.39. The molecule has 1 fully saturated rings. The fourth-order valence-electron chi connectivity index (χ4n) is 3.96. The lowest BCUT2D eigenvalue weighted by molar-refractivity contribution is -0.122. The summed E-state index contributed by atoms with van der Waals surface area (Å²) in [6.07, 6.45) is 3.41. The van der Waals surface area contributed by atoms with Gasteiger partial charge in [0.15, 0.2) is 0 Å². The predicted octanol–water partition coefficient (Wildman–Crippen LogP) is 5.01. The third-order valence-electron chi connectivity index (χ3n) is 5.53. The number of urea groups is 1. The standard InChI is InChI=1S/C26H18ClN3O3/c27-22-12-6-4-8-17(22)15-29-16-18(20-11-5-7-13-23(20)29)14-21-24(31)28-26(33)30(25(21)32)19-9-2-1-3-10-19/h1-14,16H,15H2,(H,28,31,33)/b21-14-. The quantitative estimate of drug-likeness (QED) is 0.347. The average molecular weight is 456 g/mol. The molecule has 6 nitrogen and oxygen atoms in total. The van der Waals surface area contributed by atoms with Crippen LogP contribution in [0.2, 0.25) is 5.02 Å². The van der Waals surface area contributed by atoms with Crippen LogP contribution in [0, 0.1) is 0 Å². The van der Waals surface area contributed by atoms with Crippen molar-refractivity contribution in [3.05, 3.63) is 107 Å². The zero-order chi connectivity index (χ0) is 22.9. The normalized spacial score (nSPS) is 15.4. The largest absolute Gasteiger partial charge is 0.342 e. The minimum atomic E-state index is -0.769. The van der Waals surface area contributed by atoms with Gasteiger partial charge in [-0.1, -0.05) is 66.2 Å². The van der Waals surface area contributed by atoms with E-state index in [2.05, 4.69) is 5.32 Å². The maximum absolute atomic E-state index is 13.2. The molecule has 0 spiro atoms. The molecule has 0 saturated carbocycles. The Morgan fingerprint density at radius 1 is 0.848 bits per heavy atom. The average Bonchev–Trinajstić information content (AvgIpc) is 3.16. The number of fused-ring (bicyclic) bond motifs is 1. The van der Waals surface area contributed by atoms with Gasteiger partial charge in [-0.15, -0.1) is 0 Å². The van der Waals surface area contributed by atoms with Crippen LogP contribution in [0.25, 0.3) is 17.0 Å². The monoisotopic (exact) mass is 455 g/mol. The summed E-state index contributed by atoms with van der Waals surface area (Å²) < 4.78 is 2.02. The van der Waals surface area contributed by atoms with E-state index in [9.17, 15) is 14.4 Å². The van der Waals surface area contributed by atoms with Crippen molar-refractivity contribution >= 4 is 52.1 Å². The summed E-state index contributed by atoms with van der Waals surface area (Å²) in [5.74, 6) is -1.39. The Morgan fingerprint density at radius 2 is 1.55 bits per heavy atom. The number of aromatic nitrogens is 1. The van der Waals surface area contributed by atoms with Crippen LogP contribution in [0.4, 0.5) is 10.5 Å². The number of halogens is 1. The highest BCUT2D eigenvalue weighted by Gasteiger charge is 2.36. The zero-order valence-corrected chi connectivity index (χ0v) is 18.1. The second-order valence-electron chi connectivity index (χ2n) is 7.61. The van der Waals surface area contributed by atoms with Gasteiger partial charge in [0, 0.05) is 34.2 Å². The Kier molecular flexibility index (Phi) is 5.28. The van der Waals surface area contributed by atoms with Crippen molar-refractivity contribution in [3.63, 3.8) is 0 Å². The van der Waals surface area contributed by atoms with Gasteiger partial charge >= 0.3 is 6.03 Å². The van der Waals surface area contributed by atoms with E-state index in [1.165, 1.54) is 6.08 Å². The van der Waals surface area contributed by atoms with Gasteiger partial charge in [0.2, 0.25) is 0 Å². The number of para-hydroxylation sites is 2. The van der Waals surface area contributed by atoms with Gasteiger partial charge in [0.1, 0.15) is 5.57 Å². The summed E-state index contributed by atoms with van der Waals surface area (Å²) in [5.41, 5.74) is 2.85. The van der Waals surface area contributed by atoms with Crippen molar-refractivity contribution in [3.8, 4) is 0 Å². The van der Waals surface area contributed by atoms with Crippen LogP contribution in [0.1, 0.15) is 11.1 Å². The molecule has 3 aromatic carbocycles. The van der Waals surface area contributed by atoms with Crippen molar-refractivity contribution in [2.75, 3.05) is 4.90 Å². The Labute approximate surface area is 194 Å². The van der Waals surface area contributed by atoms with Crippen LogP contribution >= 0.6 is 11.6 Å². The molecule has 7 heteroatoms. The van der Waals surface area contributed by atoms with Crippen LogP contribution in [-0.2, 0) is 16.1 Å². The molecule has 0 radical (unpaired) electrons. The smallest absolute Gasteiger partial charge is 0.335 e. The first-order valence-corrected chi connectivity index (χ1v) is 10.7. The van der Waals surface area contributed by atoms with Gasteiger partial charge < -0.3 is 4.57 Å². The maximum Gasteiger partial charge on any atom is 0.335 e. The Morgan fingerprint density at radius 3 is 2.33 bits per heavy atom. The maximum atomic E-state index is 13.2. The van der Waals surface area contributed by atoms with E-state index in [0.29, 0.717) is 22.8 Å². The topological polar surface area (TPSA) is 71.4 Å². The molecular formula is C26H18ClN3O3. The number of barbiturate groups is 1. The Balaban J connectivity index is 1.58. The summed E-state index contributed by atoms with van der Waals surface area (Å²) in [6.45, 7) is 0.526. The molecule has 0 unspecified atom stereocenters. The van der Waals surface area contributed by atoms with Crippen molar-refractivity contribution in [1.82, 2.24) is 9.88 Å². The number of benzene rings is 3. The van der Waals surface area contributed by atoms with Gasteiger partial charge in [0.25, 0.3) is 11.8 Å². The van der Waals surface area contributed by atoms with Gasteiger partial charge in [-0.3, -0.25) is 14.9 Å². The van der Waals surface area contributed by atoms with Crippen LogP contribution < -0.4 is 10.2 Å². The fourth-order valence-corrected chi connectivity index (χ4v) is 4.15. The van der Waals surface area contributed by atoms with Crippen molar-refractivity contribution in [2.45, 2.75) is 6.54 Å². The number of amides is 4. The summed E-state index contributed by atoms with van der Waals surface area (Å²) >= 11 is 6.35. The summed E-state index contributed by atoms with van der Waals surface area (Å²) in [4.78, 5) is 39.1. The molecule has 0 aliphatic carbocycles. The van der Waals surface area contributed by atoms with E-state index < -0.39 is 17.8 Å². The van der Waals surface area contributed by atoms with Gasteiger partial charge in [-0.05, 0) is 35.9 Å². The molecule has 162 valence electrons. The molecule has 5 rings (SSSR count). The second-order valence-corrected chi connectivity index (χ2v) is 8.02. The van der Waals surface area contributed by atoms with Gasteiger partial charge in [0.05, 0.1) is 5.69 Å². The third kappa shape index (κ3) is 3.81. The number of nitrogens with zero attached hydrogens (tertiary/aromatic N) is 2. The molecule has 1 saturated heterocycles. The minimum Gasteiger partial charge on any atom is -0.342 e. The van der Waals surface area contributed by atoms with Gasteiger partial charge in [-0.2, -0.15) is 0 Å². The molecule has 33 heavy (non-hydrogen) atoms. The van der Waals surface area contributed by atoms with E-state index in [-0.39, 0.29) is 5.57 Å². The molecule has 0 bridgehead atoms. The lowest BCUT2D eigenvalue weighted by atomic mass is 10.1. The molecule has 1 aliphatic rings. The van der Waals surface area contributed by atoms with E-state index in [1.54, 1.807) is 30.3 Å². The number of hydrogen-bond acceptors (Lipinski definition) is 3. The number of carbonyl (C=O) groups is 3. The minimum absolute atomic E-state index is 0.112. The lowest BCUT2D eigenvalue weighted by Gasteiger charge is -2.26. The molecule has 0 atom stereocenters. The molecular weight excluding hydrogens is 438 g/mol. The lowest BCUT2D eigenvalue weighted by Crippen LogP contribution is -2.54. The molecule has 1 aliphatic heterocycles. The number of carbonyl (C=O) groups excluding carboxylic acids is 3. The molecule has 2 heterocycles.